The summed E-state index contributed by atoms with van der Waals surface area (Å²) in [5.41, 5.74) is 0.476. The number of sulfone groups is 1. The summed E-state index contributed by atoms with van der Waals surface area (Å²) < 4.78 is 23.1. The summed E-state index contributed by atoms with van der Waals surface area (Å²) in [5, 5.41) is 10.9. The summed E-state index contributed by atoms with van der Waals surface area (Å²) in [6, 6.07) is 3.63. The fraction of sp³-hybridized carbons (Fsp3) is 0.667. The molecule has 0 bridgehead atoms. The molecule has 0 amide bonds. The molecule has 24 heavy (non-hydrogen) atoms. The van der Waals surface area contributed by atoms with Gasteiger partial charge in [-0.2, -0.15) is 0 Å². The maximum absolute atomic E-state index is 11.5. The number of aromatic nitrogens is 1. The van der Waals surface area contributed by atoms with Gasteiger partial charge in [0.15, 0.2) is 9.84 Å². The van der Waals surface area contributed by atoms with Gasteiger partial charge in [-0.05, 0) is 25.8 Å². The Bertz CT molecular complexity index is 715. The third kappa shape index (κ3) is 3.67. The molecule has 3 rings (SSSR count). The number of nitro groups is 1. The van der Waals surface area contributed by atoms with Crippen LogP contribution in [0.2, 0.25) is 0 Å². The van der Waals surface area contributed by atoms with Crippen molar-refractivity contribution >= 4 is 21.3 Å². The molecule has 9 heteroatoms. The van der Waals surface area contributed by atoms with E-state index in [1.54, 1.807) is 13.0 Å². The van der Waals surface area contributed by atoms with Gasteiger partial charge < -0.3 is 4.90 Å². The third-order valence-electron chi connectivity index (χ3n) is 4.92. The fourth-order valence-corrected chi connectivity index (χ4v) is 4.69. The van der Waals surface area contributed by atoms with Crippen molar-refractivity contribution in [3.63, 3.8) is 0 Å². The minimum Gasteiger partial charge on any atom is -0.356 e. The maximum atomic E-state index is 11.5. The fourth-order valence-electron chi connectivity index (χ4n) is 3.46. The van der Waals surface area contributed by atoms with E-state index in [9.17, 15) is 18.5 Å². The second kappa shape index (κ2) is 6.64. The van der Waals surface area contributed by atoms with Crippen LogP contribution >= 0.6 is 0 Å². The molecule has 1 aromatic heterocycles. The molecule has 2 saturated heterocycles. The molecule has 0 saturated carbocycles. The van der Waals surface area contributed by atoms with E-state index in [-0.39, 0.29) is 17.2 Å². The zero-order valence-corrected chi connectivity index (χ0v) is 14.5. The van der Waals surface area contributed by atoms with Crippen LogP contribution < -0.4 is 4.90 Å². The highest BCUT2D eigenvalue weighted by Gasteiger charge is 2.30. The van der Waals surface area contributed by atoms with E-state index in [1.807, 2.05) is 0 Å². The Balaban J connectivity index is 1.59. The van der Waals surface area contributed by atoms with Gasteiger partial charge in [0.25, 0.3) is 5.69 Å². The zero-order chi connectivity index (χ0) is 17.3. The van der Waals surface area contributed by atoms with Gasteiger partial charge in [-0.1, -0.05) is 0 Å². The first kappa shape index (κ1) is 17.1. The summed E-state index contributed by atoms with van der Waals surface area (Å²) in [7, 11) is -2.84. The van der Waals surface area contributed by atoms with Gasteiger partial charge in [0.05, 0.1) is 16.4 Å². The van der Waals surface area contributed by atoms with Crippen molar-refractivity contribution in [2.24, 2.45) is 0 Å². The largest absolute Gasteiger partial charge is 0.356 e. The molecule has 0 radical (unpaired) electrons. The number of hydrogen-bond acceptors (Lipinski definition) is 7. The quantitative estimate of drug-likeness (QED) is 0.590. The van der Waals surface area contributed by atoms with Crippen LogP contribution in [0.15, 0.2) is 12.1 Å². The van der Waals surface area contributed by atoms with E-state index >= 15 is 0 Å². The third-order valence-corrected chi connectivity index (χ3v) is 6.53. The molecule has 2 fully saturated rings. The predicted molar refractivity (Wildman–Crippen MR) is 91.1 cm³/mol. The highest BCUT2D eigenvalue weighted by Crippen LogP contribution is 2.25. The molecule has 0 spiro atoms. The average Bonchev–Trinajstić information content (AvgIpc) is 2.54. The van der Waals surface area contributed by atoms with Gasteiger partial charge in [0.2, 0.25) is 0 Å². The normalized spacial score (nSPS) is 22.5. The van der Waals surface area contributed by atoms with Crippen molar-refractivity contribution < 1.29 is 13.3 Å². The van der Waals surface area contributed by atoms with Gasteiger partial charge in [0.1, 0.15) is 11.5 Å². The van der Waals surface area contributed by atoms with Gasteiger partial charge in [0, 0.05) is 38.3 Å². The van der Waals surface area contributed by atoms with Gasteiger partial charge >= 0.3 is 0 Å². The average molecular weight is 354 g/mol. The second-order valence-electron chi connectivity index (χ2n) is 6.44. The molecule has 0 aliphatic carbocycles. The van der Waals surface area contributed by atoms with Crippen molar-refractivity contribution in [1.82, 2.24) is 9.88 Å². The minimum absolute atomic E-state index is 0.0446. The van der Waals surface area contributed by atoms with Crippen LogP contribution in [0.3, 0.4) is 0 Å². The smallest absolute Gasteiger partial charge is 0.290 e. The molecule has 8 nitrogen and oxygen atoms in total. The lowest BCUT2D eigenvalue weighted by atomic mass is 10.0. The van der Waals surface area contributed by atoms with Crippen LogP contribution in [0, 0.1) is 17.0 Å². The molecule has 132 valence electrons. The predicted octanol–water partition coefficient (Wildman–Crippen LogP) is 0.997. The molecule has 2 aliphatic heterocycles. The van der Waals surface area contributed by atoms with Gasteiger partial charge in [-0.25, -0.2) is 13.4 Å². The Kier molecular flexibility index (Phi) is 4.73. The lowest BCUT2D eigenvalue weighted by Crippen LogP contribution is -2.50. The Morgan fingerprint density at radius 1 is 1.17 bits per heavy atom. The van der Waals surface area contributed by atoms with Gasteiger partial charge in [-0.3, -0.25) is 15.0 Å². The van der Waals surface area contributed by atoms with Crippen molar-refractivity contribution in [3.8, 4) is 0 Å². The number of aryl methyl sites for hydroxylation is 1. The summed E-state index contributed by atoms with van der Waals surface area (Å²) in [4.78, 5) is 19.3. The summed E-state index contributed by atoms with van der Waals surface area (Å²) >= 11 is 0. The van der Waals surface area contributed by atoms with Crippen molar-refractivity contribution in [1.29, 1.82) is 0 Å². The lowest BCUT2D eigenvalue weighted by Gasteiger charge is -2.40. The first-order valence-electron chi connectivity index (χ1n) is 8.17. The monoisotopic (exact) mass is 354 g/mol. The first-order chi connectivity index (χ1) is 11.4. The number of nitrogens with zero attached hydrogens (tertiary/aromatic N) is 4. The topological polar surface area (TPSA) is 96.7 Å². The summed E-state index contributed by atoms with van der Waals surface area (Å²) in [6.45, 7) is 4.57. The Morgan fingerprint density at radius 2 is 1.79 bits per heavy atom. The molecule has 2 aliphatic rings. The highest BCUT2D eigenvalue weighted by atomic mass is 32.2. The Hall–Kier alpha value is -1.74. The van der Waals surface area contributed by atoms with E-state index in [0.717, 1.165) is 31.7 Å². The number of anilines is 1. The molecule has 1 aromatic rings. The SMILES string of the molecule is Cc1nc(N2CCC(N3CCS(=O)(=O)CC3)CC2)ccc1[N+](=O)[O-]. The summed E-state index contributed by atoms with van der Waals surface area (Å²) in [6.07, 6.45) is 1.91. The molecular weight excluding hydrogens is 332 g/mol. The minimum atomic E-state index is -2.84. The zero-order valence-electron chi connectivity index (χ0n) is 13.7. The molecule has 0 atom stereocenters. The molecule has 0 N–H and O–H groups in total. The van der Waals surface area contributed by atoms with Crippen LogP contribution in [-0.4, -0.2) is 67.0 Å². The highest BCUT2D eigenvalue weighted by molar-refractivity contribution is 7.91. The van der Waals surface area contributed by atoms with Crippen LogP contribution in [-0.2, 0) is 9.84 Å². The Labute approximate surface area is 141 Å². The summed E-state index contributed by atoms with van der Waals surface area (Å²) in [5.74, 6) is 1.30. The van der Waals surface area contributed by atoms with Crippen molar-refractivity contribution in [2.75, 3.05) is 42.6 Å². The van der Waals surface area contributed by atoms with Crippen LogP contribution in [0.1, 0.15) is 18.5 Å². The number of piperidine rings is 1. The van der Waals surface area contributed by atoms with E-state index in [1.165, 1.54) is 6.07 Å². The number of rotatable bonds is 3. The van der Waals surface area contributed by atoms with Crippen LogP contribution in [0.5, 0.6) is 0 Å². The second-order valence-corrected chi connectivity index (χ2v) is 8.74. The van der Waals surface area contributed by atoms with E-state index in [0.29, 0.717) is 24.8 Å². The molecule has 3 heterocycles. The van der Waals surface area contributed by atoms with E-state index in [2.05, 4.69) is 14.8 Å². The number of hydrogen-bond donors (Lipinski definition) is 0. The van der Waals surface area contributed by atoms with Crippen molar-refractivity contribution in [2.45, 2.75) is 25.8 Å². The lowest BCUT2D eigenvalue weighted by molar-refractivity contribution is -0.385. The maximum Gasteiger partial charge on any atom is 0.290 e. The molecule has 0 unspecified atom stereocenters. The van der Waals surface area contributed by atoms with Gasteiger partial charge in [-0.15, -0.1) is 0 Å². The number of pyridine rings is 1. The van der Waals surface area contributed by atoms with E-state index in [4.69, 9.17) is 0 Å². The molecule has 0 aromatic carbocycles. The van der Waals surface area contributed by atoms with Crippen LogP contribution in [0.4, 0.5) is 11.5 Å². The van der Waals surface area contributed by atoms with Crippen molar-refractivity contribution in [3.05, 3.63) is 27.9 Å². The molecular formula is C15H22N4O4S. The standard InChI is InChI=1S/C15H22N4O4S/c1-12-14(19(20)21)2-3-15(16-12)18-6-4-13(5-7-18)17-8-10-24(22,23)11-9-17/h2-3,13H,4-11H2,1H3. The Morgan fingerprint density at radius 3 is 2.33 bits per heavy atom. The van der Waals surface area contributed by atoms with E-state index < -0.39 is 14.8 Å². The van der Waals surface area contributed by atoms with Crippen LogP contribution in [0.25, 0.3) is 0 Å². The first-order valence-corrected chi connectivity index (χ1v) is 9.99.